The fourth-order valence-electron chi connectivity index (χ4n) is 3.22. The highest BCUT2D eigenvalue weighted by Crippen LogP contribution is 2.40. The first-order valence-corrected chi connectivity index (χ1v) is 5.89. The molecule has 7 nitrogen and oxygen atoms in total. The average molecular weight is 235 g/mol. The fourth-order valence-corrected chi connectivity index (χ4v) is 3.22. The highest BCUT2D eigenvalue weighted by Gasteiger charge is 2.59. The van der Waals surface area contributed by atoms with E-state index in [2.05, 4.69) is 10.0 Å². The highest BCUT2D eigenvalue weighted by molar-refractivity contribution is 6.00. The standard InChI is InChI=1S/C10H13N5O2/c11-13-12-10-4-2-6-15(10)8(16)7-3-1-5-14(7)9(10)17/h7H,1-6H2/t7-,10-/m0/s1. The van der Waals surface area contributed by atoms with Crippen molar-refractivity contribution in [1.29, 1.82) is 0 Å². The van der Waals surface area contributed by atoms with Crippen LogP contribution in [0.4, 0.5) is 0 Å². The summed E-state index contributed by atoms with van der Waals surface area (Å²) < 4.78 is 0. The van der Waals surface area contributed by atoms with Crippen molar-refractivity contribution in [3.63, 3.8) is 0 Å². The van der Waals surface area contributed by atoms with Crippen LogP contribution in [0, 0.1) is 0 Å². The maximum absolute atomic E-state index is 12.4. The summed E-state index contributed by atoms with van der Waals surface area (Å²) >= 11 is 0. The molecule has 17 heavy (non-hydrogen) atoms. The van der Waals surface area contributed by atoms with Gasteiger partial charge in [-0.1, -0.05) is 5.11 Å². The Morgan fingerprint density at radius 1 is 1.35 bits per heavy atom. The molecule has 2 amide bonds. The summed E-state index contributed by atoms with van der Waals surface area (Å²) in [6.45, 7) is 1.12. The summed E-state index contributed by atoms with van der Waals surface area (Å²) in [4.78, 5) is 30.5. The molecule has 0 aromatic carbocycles. The van der Waals surface area contributed by atoms with E-state index in [0.717, 1.165) is 19.3 Å². The van der Waals surface area contributed by atoms with Crippen molar-refractivity contribution in [1.82, 2.24) is 9.80 Å². The van der Waals surface area contributed by atoms with Gasteiger partial charge in [0.15, 0.2) is 0 Å². The van der Waals surface area contributed by atoms with Crippen LogP contribution in [0.25, 0.3) is 10.4 Å². The number of carbonyl (C=O) groups excluding carboxylic acids is 2. The molecule has 0 aromatic rings. The maximum atomic E-state index is 12.4. The largest absolute Gasteiger partial charge is 0.329 e. The zero-order chi connectivity index (χ0) is 12.0. The Kier molecular flexibility index (Phi) is 2.06. The second kappa shape index (κ2) is 3.37. The lowest BCUT2D eigenvalue weighted by Crippen LogP contribution is -2.66. The molecule has 3 heterocycles. The van der Waals surface area contributed by atoms with Gasteiger partial charge in [-0.15, -0.1) is 0 Å². The minimum absolute atomic E-state index is 0.0491. The third-order valence-electron chi connectivity index (χ3n) is 3.97. The van der Waals surface area contributed by atoms with Gasteiger partial charge in [-0.05, 0) is 31.2 Å². The van der Waals surface area contributed by atoms with Crippen LogP contribution in [0.5, 0.6) is 0 Å². The third kappa shape index (κ3) is 1.14. The van der Waals surface area contributed by atoms with Crippen molar-refractivity contribution in [3.8, 4) is 0 Å². The monoisotopic (exact) mass is 235 g/mol. The van der Waals surface area contributed by atoms with Crippen molar-refractivity contribution in [3.05, 3.63) is 10.4 Å². The molecule has 0 N–H and O–H groups in total. The predicted molar refractivity (Wildman–Crippen MR) is 57.6 cm³/mol. The van der Waals surface area contributed by atoms with Crippen molar-refractivity contribution < 1.29 is 9.59 Å². The van der Waals surface area contributed by atoms with E-state index in [4.69, 9.17) is 5.53 Å². The second-order valence-electron chi connectivity index (χ2n) is 4.76. The van der Waals surface area contributed by atoms with Crippen LogP contribution in [-0.4, -0.2) is 46.4 Å². The van der Waals surface area contributed by atoms with E-state index in [1.165, 1.54) is 4.90 Å². The smallest absolute Gasteiger partial charge is 0.255 e. The van der Waals surface area contributed by atoms with Crippen molar-refractivity contribution >= 4 is 11.8 Å². The minimum Gasteiger partial charge on any atom is -0.329 e. The molecule has 0 aromatic heterocycles. The molecule has 0 aliphatic carbocycles. The van der Waals surface area contributed by atoms with Gasteiger partial charge in [0.2, 0.25) is 11.6 Å². The number of carbonyl (C=O) groups is 2. The third-order valence-corrected chi connectivity index (χ3v) is 3.97. The molecule has 2 atom stereocenters. The molecule has 3 aliphatic heterocycles. The number of nitrogens with zero attached hydrogens (tertiary/aromatic N) is 5. The van der Waals surface area contributed by atoms with Crippen LogP contribution >= 0.6 is 0 Å². The number of azide groups is 1. The molecule has 90 valence electrons. The first-order valence-electron chi connectivity index (χ1n) is 5.89. The van der Waals surface area contributed by atoms with Gasteiger partial charge in [0, 0.05) is 18.0 Å². The topological polar surface area (TPSA) is 89.4 Å². The molecule has 3 rings (SSSR count). The summed E-state index contributed by atoms with van der Waals surface area (Å²) in [7, 11) is 0. The van der Waals surface area contributed by atoms with Gasteiger partial charge < -0.3 is 9.80 Å². The Balaban J connectivity index is 2.09. The van der Waals surface area contributed by atoms with Gasteiger partial charge in [0.25, 0.3) is 5.91 Å². The van der Waals surface area contributed by atoms with Crippen LogP contribution in [0.3, 0.4) is 0 Å². The van der Waals surface area contributed by atoms with Crippen LogP contribution in [0.2, 0.25) is 0 Å². The summed E-state index contributed by atoms with van der Waals surface area (Å²) in [5.41, 5.74) is 7.40. The fraction of sp³-hybridized carbons (Fsp3) is 0.800. The van der Waals surface area contributed by atoms with Crippen LogP contribution < -0.4 is 0 Å². The van der Waals surface area contributed by atoms with Crippen LogP contribution in [-0.2, 0) is 9.59 Å². The van der Waals surface area contributed by atoms with E-state index in [0.29, 0.717) is 19.5 Å². The molecule has 0 saturated carbocycles. The Labute approximate surface area is 98.0 Å². The number of hydrogen-bond acceptors (Lipinski definition) is 3. The van der Waals surface area contributed by atoms with Crippen LogP contribution in [0.15, 0.2) is 5.11 Å². The zero-order valence-corrected chi connectivity index (χ0v) is 9.37. The summed E-state index contributed by atoms with van der Waals surface area (Å²) in [6, 6.07) is -0.317. The lowest BCUT2D eigenvalue weighted by atomic mass is 10.0. The number of piperazine rings is 1. The molecule has 0 spiro atoms. The van der Waals surface area contributed by atoms with Gasteiger partial charge in [-0.2, -0.15) is 0 Å². The normalized spacial score (nSPS) is 35.6. The van der Waals surface area contributed by atoms with Crippen molar-refractivity contribution in [2.75, 3.05) is 13.1 Å². The number of hydrogen-bond donors (Lipinski definition) is 0. The molecule has 3 fully saturated rings. The van der Waals surface area contributed by atoms with Crippen LogP contribution in [0.1, 0.15) is 25.7 Å². The van der Waals surface area contributed by atoms with Gasteiger partial charge >= 0.3 is 0 Å². The quantitative estimate of drug-likeness (QED) is 0.379. The minimum atomic E-state index is -1.26. The maximum Gasteiger partial charge on any atom is 0.255 e. The molecule has 3 aliphatic rings. The van der Waals surface area contributed by atoms with Crippen molar-refractivity contribution in [2.45, 2.75) is 37.4 Å². The van der Waals surface area contributed by atoms with E-state index in [1.807, 2.05) is 0 Å². The SMILES string of the molecule is [N-]=[N+]=N[C@@]12CCCN1C(=O)[C@@H]1CCCN1C2=O. The second-order valence-corrected chi connectivity index (χ2v) is 4.76. The molecule has 3 saturated heterocycles. The lowest BCUT2D eigenvalue weighted by molar-refractivity contribution is -0.164. The van der Waals surface area contributed by atoms with Gasteiger partial charge in [0.05, 0.1) is 0 Å². The van der Waals surface area contributed by atoms with Crippen molar-refractivity contribution in [2.24, 2.45) is 5.11 Å². The molecule has 0 radical (unpaired) electrons. The Hall–Kier alpha value is -1.75. The summed E-state index contributed by atoms with van der Waals surface area (Å²) in [6.07, 6.45) is 2.75. The Bertz CT molecular complexity index is 444. The molecule has 0 bridgehead atoms. The Morgan fingerprint density at radius 3 is 2.94 bits per heavy atom. The van der Waals surface area contributed by atoms with E-state index in [1.54, 1.807) is 4.90 Å². The van der Waals surface area contributed by atoms with E-state index >= 15 is 0 Å². The van der Waals surface area contributed by atoms with Gasteiger partial charge in [-0.25, -0.2) is 0 Å². The first kappa shape index (κ1) is 10.4. The zero-order valence-electron chi connectivity index (χ0n) is 9.37. The first-order chi connectivity index (χ1) is 8.20. The number of fused-ring (bicyclic) bond motifs is 2. The molecular weight excluding hydrogens is 222 g/mol. The number of amides is 2. The number of rotatable bonds is 1. The summed E-state index contributed by atoms with van der Waals surface area (Å²) in [5.74, 6) is -0.234. The highest BCUT2D eigenvalue weighted by atomic mass is 16.2. The lowest BCUT2D eigenvalue weighted by Gasteiger charge is -2.44. The van der Waals surface area contributed by atoms with Gasteiger partial charge in [-0.3, -0.25) is 9.59 Å². The van der Waals surface area contributed by atoms with E-state index < -0.39 is 5.66 Å². The van der Waals surface area contributed by atoms with E-state index in [-0.39, 0.29) is 17.9 Å². The predicted octanol–water partition coefficient (Wildman–Crippen LogP) is 0.620. The van der Waals surface area contributed by atoms with E-state index in [9.17, 15) is 9.59 Å². The summed E-state index contributed by atoms with van der Waals surface area (Å²) in [5, 5.41) is 3.66. The Morgan fingerprint density at radius 2 is 2.18 bits per heavy atom. The molecule has 0 unspecified atom stereocenters. The average Bonchev–Trinajstić information content (AvgIpc) is 2.93. The molecule has 7 heteroatoms. The van der Waals surface area contributed by atoms with Gasteiger partial charge in [0.1, 0.15) is 6.04 Å². The molecular formula is C10H13N5O2.